The lowest BCUT2D eigenvalue weighted by atomic mass is 10.2. The largest absolute Gasteiger partial charge is 0.370 e. The van der Waals surface area contributed by atoms with Crippen LogP contribution in [0.2, 0.25) is 0 Å². The number of hydrogen-bond donors (Lipinski definition) is 1. The number of nitrogens with zero attached hydrogens (tertiary/aromatic N) is 3. The third kappa shape index (κ3) is 3.06. The van der Waals surface area contributed by atoms with Gasteiger partial charge in [0, 0.05) is 19.8 Å². The normalized spacial score (nSPS) is 10.4. The van der Waals surface area contributed by atoms with Crippen LogP contribution < -0.4 is 5.32 Å². The molecule has 0 aromatic carbocycles. The van der Waals surface area contributed by atoms with Crippen LogP contribution >= 0.6 is 15.9 Å². The zero-order valence-electron chi connectivity index (χ0n) is 9.02. The fraction of sp³-hybridized carbons (Fsp3) is 0.273. The molecule has 0 aliphatic heterocycles. The third-order valence-electron chi connectivity index (χ3n) is 2.19. The fourth-order valence-corrected chi connectivity index (χ4v) is 1.79. The summed E-state index contributed by atoms with van der Waals surface area (Å²) in [5.41, 5.74) is 1.23. The summed E-state index contributed by atoms with van der Waals surface area (Å²) in [5.74, 6) is 0.887. The van der Waals surface area contributed by atoms with Gasteiger partial charge in [-0.1, -0.05) is 6.07 Å². The highest BCUT2D eigenvalue weighted by atomic mass is 79.9. The van der Waals surface area contributed by atoms with Gasteiger partial charge in [-0.15, -0.1) is 0 Å². The Balaban J connectivity index is 1.84. The average Bonchev–Trinajstić information content (AvgIpc) is 2.64. The first-order valence-electron chi connectivity index (χ1n) is 5.08. The molecule has 0 unspecified atom stereocenters. The molecular weight excluding hydrogens is 268 g/mol. The van der Waals surface area contributed by atoms with E-state index in [4.69, 9.17) is 0 Å². The van der Waals surface area contributed by atoms with Gasteiger partial charge in [-0.05, 0) is 40.0 Å². The Morgan fingerprint density at radius 2 is 2.31 bits per heavy atom. The Morgan fingerprint density at radius 3 is 3.00 bits per heavy atom. The van der Waals surface area contributed by atoms with E-state index in [9.17, 15) is 0 Å². The summed E-state index contributed by atoms with van der Waals surface area (Å²) in [4.78, 5) is 4.29. The van der Waals surface area contributed by atoms with E-state index >= 15 is 0 Å². The molecule has 2 aromatic rings. The maximum atomic E-state index is 4.29. The van der Waals surface area contributed by atoms with Crippen LogP contribution in [0.3, 0.4) is 0 Å². The molecule has 0 fully saturated rings. The van der Waals surface area contributed by atoms with Crippen LogP contribution in [0.4, 0.5) is 5.82 Å². The van der Waals surface area contributed by atoms with E-state index in [1.54, 1.807) is 0 Å². The van der Waals surface area contributed by atoms with E-state index in [0.717, 1.165) is 23.4 Å². The molecule has 0 amide bonds. The van der Waals surface area contributed by atoms with E-state index in [1.807, 2.05) is 42.3 Å². The van der Waals surface area contributed by atoms with E-state index in [1.165, 1.54) is 5.56 Å². The summed E-state index contributed by atoms with van der Waals surface area (Å²) in [6, 6.07) is 5.82. The first-order valence-corrected chi connectivity index (χ1v) is 5.87. The Morgan fingerprint density at radius 1 is 1.44 bits per heavy atom. The summed E-state index contributed by atoms with van der Waals surface area (Å²) < 4.78 is 2.66. The second-order valence-electron chi connectivity index (χ2n) is 3.54. The van der Waals surface area contributed by atoms with Crippen LogP contribution in [0, 0.1) is 0 Å². The van der Waals surface area contributed by atoms with Crippen LogP contribution in [0.25, 0.3) is 0 Å². The molecule has 5 heteroatoms. The summed E-state index contributed by atoms with van der Waals surface area (Å²) >= 11 is 3.34. The van der Waals surface area contributed by atoms with Crippen molar-refractivity contribution in [2.24, 2.45) is 7.05 Å². The van der Waals surface area contributed by atoms with Gasteiger partial charge in [0.05, 0.1) is 6.20 Å². The molecule has 2 rings (SSSR count). The molecule has 0 saturated heterocycles. The van der Waals surface area contributed by atoms with Gasteiger partial charge in [-0.3, -0.25) is 4.68 Å². The van der Waals surface area contributed by atoms with Gasteiger partial charge in [-0.2, -0.15) is 5.10 Å². The zero-order valence-corrected chi connectivity index (χ0v) is 10.6. The molecule has 4 nitrogen and oxygen atoms in total. The maximum Gasteiger partial charge on any atom is 0.127 e. The Labute approximate surface area is 103 Å². The van der Waals surface area contributed by atoms with Crippen LogP contribution in [-0.4, -0.2) is 21.3 Å². The van der Waals surface area contributed by atoms with Crippen molar-refractivity contribution in [3.05, 3.63) is 40.8 Å². The number of aromatic nitrogens is 3. The molecule has 0 saturated carbocycles. The summed E-state index contributed by atoms with van der Waals surface area (Å²) in [7, 11) is 1.92. The Bertz CT molecular complexity index is 467. The summed E-state index contributed by atoms with van der Waals surface area (Å²) in [6.07, 6.45) is 4.86. The van der Waals surface area contributed by atoms with Gasteiger partial charge >= 0.3 is 0 Å². The first-order chi connectivity index (χ1) is 7.74. The van der Waals surface area contributed by atoms with E-state index in [2.05, 4.69) is 31.3 Å². The number of hydrogen-bond acceptors (Lipinski definition) is 3. The Kier molecular flexibility index (Phi) is 3.56. The fourth-order valence-electron chi connectivity index (χ4n) is 1.44. The van der Waals surface area contributed by atoms with Crippen LogP contribution in [0.1, 0.15) is 5.56 Å². The van der Waals surface area contributed by atoms with Crippen molar-refractivity contribution in [2.45, 2.75) is 6.42 Å². The number of pyridine rings is 1. The minimum atomic E-state index is 0.846. The third-order valence-corrected chi connectivity index (χ3v) is 2.63. The monoisotopic (exact) mass is 280 g/mol. The molecule has 0 bridgehead atoms. The molecule has 0 aliphatic carbocycles. The van der Waals surface area contributed by atoms with Crippen LogP contribution in [0.5, 0.6) is 0 Å². The Hall–Kier alpha value is -1.36. The molecular formula is C11H13BrN4. The topological polar surface area (TPSA) is 42.7 Å². The number of aryl methyl sites for hydroxylation is 1. The van der Waals surface area contributed by atoms with Gasteiger partial charge in [0.1, 0.15) is 10.4 Å². The molecule has 0 atom stereocenters. The highest BCUT2D eigenvalue weighted by Gasteiger charge is 1.97. The van der Waals surface area contributed by atoms with E-state index < -0.39 is 0 Å². The number of nitrogens with one attached hydrogen (secondary N) is 1. The van der Waals surface area contributed by atoms with Gasteiger partial charge in [-0.25, -0.2) is 4.98 Å². The molecule has 2 heterocycles. The molecule has 1 N–H and O–H groups in total. The molecule has 0 spiro atoms. The van der Waals surface area contributed by atoms with Crippen molar-refractivity contribution in [1.29, 1.82) is 0 Å². The number of rotatable bonds is 4. The van der Waals surface area contributed by atoms with E-state index in [0.29, 0.717) is 0 Å². The summed E-state index contributed by atoms with van der Waals surface area (Å²) in [5, 5.41) is 7.39. The minimum Gasteiger partial charge on any atom is -0.370 e. The predicted molar refractivity (Wildman–Crippen MR) is 67.3 cm³/mol. The van der Waals surface area contributed by atoms with E-state index in [-0.39, 0.29) is 0 Å². The second-order valence-corrected chi connectivity index (χ2v) is 4.36. The lowest BCUT2D eigenvalue weighted by Crippen LogP contribution is -2.05. The van der Waals surface area contributed by atoms with Gasteiger partial charge in [0.25, 0.3) is 0 Å². The highest BCUT2D eigenvalue weighted by molar-refractivity contribution is 9.10. The van der Waals surface area contributed by atoms with Crippen molar-refractivity contribution in [3.63, 3.8) is 0 Å². The average molecular weight is 281 g/mol. The minimum absolute atomic E-state index is 0.846. The van der Waals surface area contributed by atoms with Crippen molar-refractivity contribution >= 4 is 21.7 Å². The predicted octanol–water partition coefficient (Wildman–Crippen LogP) is 2.23. The van der Waals surface area contributed by atoms with Crippen LogP contribution in [0.15, 0.2) is 35.2 Å². The second kappa shape index (κ2) is 5.12. The molecule has 84 valence electrons. The van der Waals surface area contributed by atoms with Gasteiger partial charge in [0.15, 0.2) is 0 Å². The molecule has 0 radical (unpaired) electrons. The first kappa shape index (κ1) is 11.1. The standard InChI is InChI=1S/C11H13BrN4/c1-16-8-9(7-14-16)5-6-13-11-4-2-3-10(12)15-11/h2-4,7-8H,5-6H2,1H3,(H,13,15). The number of anilines is 1. The van der Waals surface area contributed by atoms with Gasteiger partial charge in [0.2, 0.25) is 0 Å². The van der Waals surface area contributed by atoms with Crippen molar-refractivity contribution in [3.8, 4) is 0 Å². The van der Waals surface area contributed by atoms with Crippen LogP contribution in [-0.2, 0) is 13.5 Å². The summed E-state index contributed by atoms with van der Waals surface area (Å²) in [6.45, 7) is 0.856. The number of halogens is 1. The lowest BCUT2D eigenvalue weighted by Gasteiger charge is -2.04. The molecule has 2 aromatic heterocycles. The zero-order chi connectivity index (χ0) is 11.4. The van der Waals surface area contributed by atoms with Crippen molar-refractivity contribution in [1.82, 2.24) is 14.8 Å². The quantitative estimate of drug-likeness (QED) is 0.874. The lowest BCUT2D eigenvalue weighted by molar-refractivity contribution is 0.767. The van der Waals surface area contributed by atoms with Crippen molar-refractivity contribution < 1.29 is 0 Å². The highest BCUT2D eigenvalue weighted by Crippen LogP contribution is 2.10. The van der Waals surface area contributed by atoms with Crippen molar-refractivity contribution in [2.75, 3.05) is 11.9 Å². The smallest absolute Gasteiger partial charge is 0.127 e. The maximum absolute atomic E-state index is 4.29. The molecule has 16 heavy (non-hydrogen) atoms. The molecule has 0 aliphatic rings. The van der Waals surface area contributed by atoms with Gasteiger partial charge < -0.3 is 5.32 Å². The SMILES string of the molecule is Cn1cc(CCNc2cccc(Br)n2)cn1.